The molecule has 3 heteroatoms. The lowest BCUT2D eigenvalue weighted by atomic mass is 9.87. The number of aromatic hydroxyl groups is 1. The van der Waals surface area contributed by atoms with E-state index in [4.69, 9.17) is 0 Å². The lowest BCUT2D eigenvalue weighted by Crippen LogP contribution is -2.30. The molecule has 0 bridgehead atoms. The molecule has 0 spiro atoms. The van der Waals surface area contributed by atoms with E-state index in [0.717, 1.165) is 38.6 Å². The number of hydrogen-bond acceptors (Lipinski definition) is 3. The minimum atomic E-state index is -0.0738. The molecule has 19 heavy (non-hydrogen) atoms. The first-order chi connectivity index (χ1) is 9.19. The molecule has 1 unspecified atom stereocenters. The minimum absolute atomic E-state index is 0.0738. The van der Waals surface area contributed by atoms with Gasteiger partial charge in [-0.3, -0.25) is 0 Å². The first-order valence-electron chi connectivity index (χ1n) is 7.39. The van der Waals surface area contributed by atoms with Gasteiger partial charge in [0.05, 0.1) is 6.10 Å². The molecule has 2 rings (SSSR count). The Morgan fingerprint density at radius 2 is 1.79 bits per heavy atom. The van der Waals surface area contributed by atoms with Gasteiger partial charge in [-0.1, -0.05) is 19.1 Å². The molecule has 1 fully saturated rings. The van der Waals surface area contributed by atoms with Crippen molar-refractivity contribution in [3.8, 4) is 5.75 Å². The topological polar surface area (TPSA) is 52.5 Å². The van der Waals surface area contributed by atoms with E-state index in [1.54, 1.807) is 12.1 Å². The van der Waals surface area contributed by atoms with E-state index in [-0.39, 0.29) is 6.10 Å². The molecule has 1 aliphatic rings. The summed E-state index contributed by atoms with van der Waals surface area (Å²) in [5, 5.41) is 22.5. The van der Waals surface area contributed by atoms with Crippen molar-refractivity contribution in [1.29, 1.82) is 0 Å². The van der Waals surface area contributed by atoms with Crippen LogP contribution in [-0.4, -0.2) is 22.9 Å². The molecular formula is C16H25NO2. The van der Waals surface area contributed by atoms with E-state index in [2.05, 4.69) is 12.2 Å². The number of nitrogens with one attached hydrogen (secondary N) is 1. The Morgan fingerprint density at radius 1 is 1.16 bits per heavy atom. The fourth-order valence-corrected chi connectivity index (χ4v) is 2.86. The van der Waals surface area contributed by atoms with Gasteiger partial charge in [0, 0.05) is 6.04 Å². The van der Waals surface area contributed by atoms with E-state index in [1.165, 1.54) is 5.56 Å². The standard InChI is InChI=1S/C16H25NO2/c1-2-16(13-5-9-15(19)10-6-13)17-11-12-3-7-14(18)8-4-12/h5-6,9-10,12,14,16-19H,2-4,7-8,11H2,1H3. The molecule has 3 nitrogen and oxygen atoms in total. The summed E-state index contributed by atoms with van der Waals surface area (Å²) in [6.45, 7) is 3.20. The van der Waals surface area contributed by atoms with Crippen molar-refractivity contribution in [3.63, 3.8) is 0 Å². The van der Waals surface area contributed by atoms with Gasteiger partial charge in [-0.25, -0.2) is 0 Å². The maximum absolute atomic E-state index is 9.51. The molecule has 0 radical (unpaired) electrons. The Balaban J connectivity index is 1.84. The van der Waals surface area contributed by atoms with Crippen LogP contribution in [0.3, 0.4) is 0 Å². The third-order valence-electron chi connectivity index (χ3n) is 4.17. The van der Waals surface area contributed by atoms with Crippen molar-refractivity contribution in [2.75, 3.05) is 6.54 Å². The van der Waals surface area contributed by atoms with Crippen LogP contribution in [0.2, 0.25) is 0 Å². The van der Waals surface area contributed by atoms with E-state index >= 15 is 0 Å². The fourth-order valence-electron chi connectivity index (χ4n) is 2.86. The average Bonchev–Trinajstić information content (AvgIpc) is 2.43. The summed E-state index contributed by atoms with van der Waals surface area (Å²) in [6.07, 6.45) is 5.11. The van der Waals surface area contributed by atoms with Gasteiger partial charge >= 0.3 is 0 Å². The molecule has 0 aliphatic heterocycles. The Bertz CT molecular complexity index is 369. The van der Waals surface area contributed by atoms with E-state index < -0.39 is 0 Å². The van der Waals surface area contributed by atoms with E-state index in [0.29, 0.717) is 17.7 Å². The molecular weight excluding hydrogens is 238 g/mol. The van der Waals surface area contributed by atoms with Gasteiger partial charge < -0.3 is 15.5 Å². The Labute approximate surface area is 115 Å². The van der Waals surface area contributed by atoms with Gasteiger partial charge in [0.15, 0.2) is 0 Å². The second-order valence-electron chi connectivity index (χ2n) is 5.64. The van der Waals surface area contributed by atoms with Crippen LogP contribution in [0.1, 0.15) is 50.6 Å². The van der Waals surface area contributed by atoms with Gasteiger partial charge in [-0.05, 0) is 62.3 Å². The fraction of sp³-hybridized carbons (Fsp3) is 0.625. The highest BCUT2D eigenvalue weighted by molar-refractivity contribution is 5.27. The molecule has 0 aromatic heterocycles. The van der Waals surface area contributed by atoms with Crippen LogP contribution in [0.15, 0.2) is 24.3 Å². The second-order valence-corrected chi connectivity index (χ2v) is 5.64. The van der Waals surface area contributed by atoms with Crippen molar-refractivity contribution in [2.24, 2.45) is 5.92 Å². The summed E-state index contributed by atoms with van der Waals surface area (Å²) in [6, 6.07) is 7.82. The Morgan fingerprint density at radius 3 is 2.37 bits per heavy atom. The van der Waals surface area contributed by atoms with Crippen LogP contribution in [0, 0.1) is 5.92 Å². The number of aliphatic hydroxyl groups excluding tert-OH is 1. The van der Waals surface area contributed by atoms with E-state index in [1.807, 2.05) is 12.1 Å². The summed E-state index contributed by atoms with van der Waals surface area (Å²) in [7, 11) is 0. The predicted octanol–water partition coefficient (Wildman–Crippen LogP) is 2.98. The first kappa shape index (κ1) is 14.4. The normalized spacial score (nSPS) is 25.2. The number of phenols is 1. The maximum atomic E-state index is 9.51. The zero-order valence-corrected chi connectivity index (χ0v) is 11.7. The molecule has 0 amide bonds. The summed E-state index contributed by atoms with van der Waals surface area (Å²) in [5.41, 5.74) is 1.23. The lowest BCUT2D eigenvalue weighted by molar-refractivity contribution is 0.107. The van der Waals surface area contributed by atoms with Crippen molar-refractivity contribution in [2.45, 2.75) is 51.2 Å². The third-order valence-corrected chi connectivity index (χ3v) is 4.17. The molecule has 1 atom stereocenters. The van der Waals surface area contributed by atoms with E-state index in [9.17, 15) is 10.2 Å². The van der Waals surface area contributed by atoms with Crippen LogP contribution in [0.25, 0.3) is 0 Å². The van der Waals surface area contributed by atoms with Gasteiger partial charge in [0.2, 0.25) is 0 Å². The van der Waals surface area contributed by atoms with Crippen molar-refractivity contribution >= 4 is 0 Å². The Kier molecular flexibility index (Phi) is 5.23. The van der Waals surface area contributed by atoms with Crippen LogP contribution < -0.4 is 5.32 Å². The number of benzene rings is 1. The largest absolute Gasteiger partial charge is 0.508 e. The van der Waals surface area contributed by atoms with Crippen molar-refractivity contribution in [3.05, 3.63) is 29.8 Å². The van der Waals surface area contributed by atoms with Crippen LogP contribution >= 0.6 is 0 Å². The van der Waals surface area contributed by atoms with Gasteiger partial charge in [0.1, 0.15) is 5.75 Å². The highest BCUT2D eigenvalue weighted by Crippen LogP contribution is 2.25. The molecule has 1 aromatic carbocycles. The van der Waals surface area contributed by atoms with Crippen molar-refractivity contribution in [1.82, 2.24) is 5.32 Å². The van der Waals surface area contributed by atoms with Crippen LogP contribution in [-0.2, 0) is 0 Å². The summed E-state index contributed by atoms with van der Waals surface area (Å²) in [4.78, 5) is 0. The summed E-state index contributed by atoms with van der Waals surface area (Å²) in [5.74, 6) is 1.01. The zero-order valence-electron chi connectivity index (χ0n) is 11.7. The lowest BCUT2D eigenvalue weighted by Gasteiger charge is -2.27. The zero-order chi connectivity index (χ0) is 13.7. The highest BCUT2D eigenvalue weighted by Gasteiger charge is 2.20. The number of phenolic OH excluding ortho intramolecular Hbond substituents is 1. The molecule has 106 valence electrons. The Hall–Kier alpha value is -1.06. The number of aliphatic hydroxyl groups is 1. The number of rotatable bonds is 5. The van der Waals surface area contributed by atoms with Crippen LogP contribution in [0.5, 0.6) is 5.75 Å². The van der Waals surface area contributed by atoms with Gasteiger partial charge in [-0.2, -0.15) is 0 Å². The second kappa shape index (κ2) is 6.92. The monoisotopic (exact) mass is 263 g/mol. The molecule has 0 saturated heterocycles. The first-order valence-corrected chi connectivity index (χ1v) is 7.39. The molecule has 0 heterocycles. The summed E-state index contributed by atoms with van der Waals surface area (Å²) >= 11 is 0. The summed E-state index contributed by atoms with van der Waals surface area (Å²) < 4.78 is 0. The molecule has 3 N–H and O–H groups in total. The van der Waals surface area contributed by atoms with Crippen LogP contribution in [0.4, 0.5) is 0 Å². The molecule has 1 aromatic rings. The predicted molar refractivity (Wildman–Crippen MR) is 77.1 cm³/mol. The van der Waals surface area contributed by atoms with Gasteiger partial charge in [0.25, 0.3) is 0 Å². The number of hydrogen-bond donors (Lipinski definition) is 3. The van der Waals surface area contributed by atoms with Gasteiger partial charge in [-0.15, -0.1) is 0 Å². The highest BCUT2D eigenvalue weighted by atomic mass is 16.3. The quantitative estimate of drug-likeness (QED) is 0.765. The average molecular weight is 263 g/mol. The molecule has 1 saturated carbocycles. The van der Waals surface area contributed by atoms with Crippen molar-refractivity contribution < 1.29 is 10.2 Å². The molecule has 1 aliphatic carbocycles. The smallest absolute Gasteiger partial charge is 0.115 e. The third kappa shape index (κ3) is 4.22. The SMILES string of the molecule is CCC(NCC1CCC(O)CC1)c1ccc(O)cc1. The minimum Gasteiger partial charge on any atom is -0.508 e. The maximum Gasteiger partial charge on any atom is 0.115 e.